The van der Waals surface area contributed by atoms with Crippen LogP contribution in [0, 0.1) is 0 Å². The average Bonchev–Trinajstić information content (AvgIpc) is 3.15. The van der Waals surface area contributed by atoms with Crippen LogP contribution in [0.3, 0.4) is 0 Å². The number of nitrogens with zero attached hydrogens (tertiary/aromatic N) is 2. The first-order chi connectivity index (χ1) is 13.3. The van der Waals surface area contributed by atoms with Crippen molar-refractivity contribution in [2.24, 2.45) is 4.99 Å². The van der Waals surface area contributed by atoms with Crippen LogP contribution in [0.1, 0.15) is 5.56 Å². The van der Waals surface area contributed by atoms with Gasteiger partial charge in [-0.2, -0.15) is 0 Å². The summed E-state index contributed by atoms with van der Waals surface area (Å²) in [7, 11) is 1.64. The zero-order valence-electron chi connectivity index (χ0n) is 14.9. The Morgan fingerprint density at radius 1 is 0.963 bits per heavy atom. The predicted octanol–water partition coefficient (Wildman–Crippen LogP) is 5.92. The van der Waals surface area contributed by atoms with Gasteiger partial charge in [0.2, 0.25) is 5.89 Å². The maximum atomic E-state index is 5.86. The Morgan fingerprint density at radius 3 is 2.70 bits per heavy atom. The molecular formula is C23H18N2O2. The molecule has 0 saturated carbocycles. The lowest BCUT2D eigenvalue weighted by Crippen LogP contribution is -1.83. The third-order valence-corrected chi connectivity index (χ3v) is 4.09. The summed E-state index contributed by atoms with van der Waals surface area (Å²) in [6, 6.07) is 23.5. The number of allylic oxidation sites excluding steroid dienone is 1. The zero-order valence-corrected chi connectivity index (χ0v) is 14.9. The van der Waals surface area contributed by atoms with Gasteiger partial charge in [0.15, 0.2) is 5.58 Å². The Balaban J connectivity index is 1.55. The molecule has 0 atom stereocenters. The van der Waals surface area contributed by atoms with Crippen LogP contribution < -0.4 is 4.74 Å². The summed E-state index contributed by atoms with van der Waals surface area (Å²) < 4.78 is 11.1. The minimum absolute atomic E-state index is 0.564. The number of benzene rings is 3. The molecule has 4 heteroatoms. The van der Waals surface area contributed by atoms with Crippen LogP contribution in [-0.2, 0) is 0 Å². The second-order valence-corrected chi connectivity index (χ2v) is 5.95. The van der Waals surface area contributed by atoms with E-state index in [1.807, 2.05) is 84.9 Å². The van der Waals surface area contributed by atoms with Gasteiger partial charge in [-0.1, -0.05) is 42.5 Å². The summed E-state index contributed by atoms with van der Waals surface area (Å²) in [6.45, 7) is 0. The highest BCUT2D eigenvalue weighted by atomic mass is 16.5. The smallest absolute Gasteiger partial charge is 0.227 e. The van der Waals surface area contributed by atoms with Gasteiger partial charge in [0.1, 0.15) is 11.3 Å². The fourth-order valence-corrected chi connectivity index (χ4v) is 2.72. The number of hydrogen-bond donors (Lipinski definition) is 0. The Labute approximate surface area is 157 Å². The highest BCUT2D eigenvalue weighted by Crippen LogP contribution is 2.28. The summed E-state index contributed by atoms with van der Waals surface area (Å²) in [5.74, 6) is 1.33. The summed E-state index contributed by atoms with van der Waals surface area (Å²) in [6.07, 6.45) is 5.71. The molecule has 0 aliphatic carbocycles. The minimum Gasteiger partial charge on any atom is -0.497 e. The van der Waals surface area contributed by atoms with Crippen molar-refractivity contribution in [3.63, 3.8) is 0 Å². The van der Waals surface area contributed by atoms with Crippen molar-refractivity contribution in [3.05, 3.63) is 84.4 Å². The molecule has 0 aliphatic rings. The van der Waals surface area contributed by atoms with Crippen LogP contribution in [0.5, 0.6) is 5.75 Å². The fraction of sp³-hybridized carbons (Fsp3) is 0.0435. The fourth-order valence-electron chi connectivity index (χ4n) is 2.72. The number of oxazole rings is 1. The van der Waals surface area contributed by atoms with E-state index in [0.717, 1.165) is 33.7 Å². The SMILES string of the molecule is COc1cccc(-c2nc3cc(N=C/C=C/c4ccccc4)ccc3o2)c1. The number of methoxy groups -OCH3 is 1. The minimum atomic E-state index is 0.564. The van der Waals surface area contributed by atoms with Gasteiger partial charge in [-0.25, -0.2) is 4.98 Å². The molecule has 4 rings (SSSR count). The van der Waals surface area contributed by atoms with Crippen LogP contribution in [0.25, 0.3) is 28.6 Å². The lowest BCUT2D eigenvalue weighted by atomic mass is 10.2. The standard InChI is InChI=1S/C23H18N2O2/c1-26-20-11-5-10-18(15-20)23-25-21-16-19(12-13-22(21)27-23)24-14-6-9-17-7-3-2-4-8-17/h2-16H,1H3/b9-6+,24-14?. The van der Waals surface area contributed by atoms with Crippen molar-refractivity contribution in [1.82, 2.24) is 4.98 Å². The van der Waals surface area contributed by atoms with Gasteiger partial charge in [-0.15, -0.1) is 0 Å². The van der Waals surface area contributed by atoms with Crippen LogP contribution in [-0.4, -0.2) is 18.3 Å². The van der Waals surface area contributed by atoms with E-state index in [2.05, 4.69) is 9.98 Å². The molecular weight excluding hydrogens is 336 g/mol. The molecule has 0 N–H and O–H groups in total. The molecule has 0 amide bonds. The number of ether oxygens (including phenoxy) is 1. The van der Waals surface area contributed by atoms with Gasteiger partial charge in [0.05, 0.1) is 12.8 Å². The normalized spacial score (nSPS) is 11.6. The monoisotopic (exact) mass is 354 g/mol. The van der Waals surface area contributed by atoms with Gasteiger partial charge in [-0.3, -0.25) is 4.99 Å². The highest BCUT2D eigenvalue weighted by molar-refractivity contribution is 5.83. The molecule has 27 heavy (non-hydrogen) atoms. The van der Waals surface area contributed by atoms with Gasteiger partial charge in [-0.05, 0) is 48.0 Å². The molecule has 132 valence electrons. The molecule has 4 nitrogen and oxygen atoms in total. The van der Waals surface area contributed by atoms with E-state index in [4.69, 9.17) is 9.15 Å². The summed E-state index contributed by atoms with van der Waals surface area (Å²) in [4.78, 5) is 9.05. The van der Waals surface area contributed by atoms with E-state index in [1.54, 1.807) is 13.3 Å². The van der Waals surface area contributed by atoms with E-state index in [9.17, 15) is 0 Å². The molecule has 1 heterocycles. The molecule has 0 aliphatic heterocycles. The van der Waals surface area contributed by atoms with E-state index >= 15 is 0 Å². The third-order valence-electron chi connectivity index (χ3n) is 4.09. The number of hydrogen-bond acceptors (Lipinski definition) is 4. The van der Waals surface area contributed by atoms with Crippen molar-refractivity contribution < 1.29 is 9.15 Å². The van der Waals surface area contributed by atoms with Gasteiger partial charge in [0.25, 0.3) is 0 Å². The maximum absolute atomic E-state index is 5.86. The van der Waals surface area contributed by atoms with Crippen molar-refractivity contribution in [2.45, 2.75) is 0 Å². The topological polar surface area (TPSA) is 47.6 Å². The van der Waals surface area contributed by atoms with Crippen molar-refractivity contribution in [1.29, 1.82) is 0 Å². The van der Waals surface area contributed by atoms with Crippen LogP contribution >= 0.6 is 0 Å². The van der Waals surface area contributed by atoms with Crippen molar-refractivity contribution >= 4 is 29.1 Å². The Hall–Kier alpha value is -3.66. The molecule has 0 fully saturated rings. The average molecular weight is 354 g/mol. The van der Waals surface area contributed by atoms with Crippen LogP contribution in [0.15, 0.2) is 88.3 Å². The number of rotatable bonds is 5. The lowest BCUT2D eigenvalue weighted by Gasteiger charge is -2.00. The van der Waals surface area contributed by atoms with Crippen molar-refractivity contribution in [3.8, 4) is 17.2 Å². The molecule has 0 saturated heterocycles. The molecule has 4 aromatic rings. The summed E-state index contributed by atoms with van der Waals surface area (Å²) >= 11 is 0. The third kappa shape index (κ3) is 3.96. The number of fused-ring (bicyclic) bond motifs is 1. The van der Waals surface area contributed by atoms with Crippen LogP contribution in [0.2, 0.25) is 0 Å². The van der Waals surface area contributed by atoms with E-state index in [-0.39, 0.29) is 0 Å². The van der Waals surface area contributed by atoms with E-state index in [0.29, 0.717) is 5.89 Å². The Bertz CT molecular complexity index is 1110. The van der Waals surface area contributed by atoms with Gasteiger partial charge >= 0.3 is 0 Å². The quantitative estimate of drug-likeness (QED) is 0.418. The molecule has 0 unspecified atom stereocenters. The van der Waals surface area contributed by atoms with Crippen molar-refractivity contribution in [2.75, 3.05) is 7.11 Å². The Kier molecular flexibility index (Phi) is 4.79. The second kappa shape index (κ2) is 7.70. The molecule has 1 aromatic heterocycles. The largest absolute Gasteiger partial charge is 0.497 e. The highest BCUT2D eigenvalue weighted by Gasteiger charge is 2.09. The second-order valence-electron chi connectivity index (χ2n) is 5.95. The Morgan fingerprint density at radius 2 is 1.85 bits per heavy atom. The molecule has 0 spiro atoms. The summed E-state index contributed by atoms with van der Waals surface area (Å²) in [5, 5.41) is 0. The van der Waals surface area contributed by atoms with Gasteiger partial charge < -0.3 is 9.15 Å². The zero-order chi connectivity index (χ0) is 18.5. The number of aromatic nitrogens is 1. The van der Waals surface area contributed by atoms with Gasteiger partial charge in [0, 0.05) is 11.8 Å². The molecule has 3 aromatic carbocycles. The molecule has 0 radical (unpaired) electrons. The van der Waals surface area contributed by atoms with Crippen LogP contribution in [0.4, 0.5) is 5.69 Å². The maximum Gasteiger partial charge on any atom is 0.227 e. The molecule has 0 bridgehead atoms. The van der Waals surface area contributed by atoms with E-state index < -0.39 is 0 Å². The first-order valence-corrected chi connectivity index (χ1v) is 8.63. The summed E-state index contributed by atoms with van der Waals surface area (Å²) in [5.41, 5.74) is 4.34. The lowest BCUT2D eigenvalue weighted by molar-refractivity contribution is 0.415. The van der Waals surface area contributed by atoms with E-state index in [1.165, 1.54) is 0 Å². The number of aliphatic imine (C=N–C) groups is 1. The predicted molar refractivity (Wildman–Crippen MR) is 110 cm³/mol. The first-order valence-electron chi connectivity index (χ1n) is 8.63. The first kappa shape index (κ1) is 16.8.